The van der Waals surface area contributed by atoms with Crippen LogP contribution in [0.1, 0.15) is 0 Å². The van der Waals surface area contributed by atoms with E-state index in [1.54, 1.807) is 40.9 Å². The molecule has 0 aliphatic carbocycles. The van der Waals surface area contributed by atoms with E-state index >= 15 is 0 Å². The van der Waals surface area contributed by atoms with Crippen LogP contribution in [0.15, 0.2) is 63.9 Å². The summed E-state index contributed by atoms with van der Waals surface area (Å²) >= 11 is 0. The summed E-state index contributed by atoms with van der Waals surface area (Å²) in [7, 11) is 8.41. The lowest BCUT2D eigenvalue weighted by Gasteiger charge is -2.14. The van der Waals surface area contributed by atoms with Crippen molar-refractivity contribution >= 4 is 44.1 Å². The summed E-state index contributed by atoms with van der Waals surface area (Å²) in [5, 5.41) is 31.1. The Morgan fingerprint density at radius 3 is 2.08 bits per heavy atom. The van der Waals surface area contributed by atoms with Crippen molar-refractivity contribution in [2.45, 2.75) is 6.18 Å². The van der Waals surface area contributed by atoms with Crippen LogP contribution in [0, 0.1) is 0 Å². The van der Waals surface area contributed by atoms with Gasteiger partial charge in [0, 0.05) is 40.5 Å². The topological polar surface area (TPSA) is 153 Å². The van der Waals surface area contributed by atoms with E-state index in [-0.39, 0.29) is 17.2 Å². The zero-order valence-corrected chi connectivity index (χ0v) is 26.8. The molecule has 258 valence electrons. The van der Waals surface area contributed by atoms with E-state index in [2.05, 4.69) is 0 Å². The molecule has 3 aromatic carbocycles. The van der Waals surface area contributed by atoms with Crippen molar-refractivity contribution in [3.63, 3.8) is 0 Å². The molecule has 12 nitrogen and oxygen atoms in total. The number of carbonyl (C=O) groups is 1. The summed E-state index contributed by atoms with van der Waals surface area (Å²) in [6.07, 6.45) is -3.32. The zero-order valence-electron chi connectivity index (χ0n) is 26.8. The minimum absolute atomic E-state index is 0.00863. The SMILES string of the molecule is COc1ccc(-c2c3c4cc(OCCN(C)C)c(OC)cc4oc(=O)c3n3ccc4cc(O)c(OC)cc4c23)cc1O.O=C(O)C(F)(F)F. The summed E-state index contributed by atoms with van der Waals surface area (Å²) in [6, 6.07) is 13.7. The predicted molar refractivity (Wildman–Crippen MR) is 175 cm³/mol. The lowest BCUT2D eigenvalue weighted by Crippen LogP contribution is -2.21. The largest absolute Gasteiger partial charge is 0.504 e. The third-order valence-electron chi connectivity index (χ3n) is 7.65. The first-order chi connectivity index (χ1) is 23.2. The second kappa shape index (κ2) is 13.4. The highest BCUT2D eigenvalue weighted by Crippen LogP contribution is 2.46. The minimum atomic E-state index is -5.08. The van der Waals surface area contributed by atoms with Gasteiger partial charge >= 0.3 is 17.8 Å². The first kappa shape index (κ1) is 34.5. The van der Waals surface area contributed by atoms with Crippen LogP contribution >= 0.6 is 0 Å². The molecule has 6 aromatic rings. The van der Waals surface area contributed by atoms with Crippen LogP contribution in [0.3, 0.4) is 0 Å². The lowest BCUT2D eigenvalue weighted by molar-refractivity contribution is -0.192. The van der Waals surface area contributed by atoms with Gasteiger partial charge in [0.2, 0.25) is 0 Å². The number of fused-ring (bicyclic) bond motifs is 7. The van der Waals surface area contributed by atoms with Crippen LogP contribution < -0.4 is 24.6 Å². The number of hydrogen-bond acceptors (Lipinski definition) is 10. The molecular weight excluding hydrogens is 653 g/mol. The quantitative estimate of drug-likeness (QED) is 0.161. The van der Waals surface area contributed by atoms with E-state index in [1.165, 1.54) is 21.3 Å². The normalized spacial score (nSPS) is 11.6. The van der Waals surface area contributed by atoms with Gasteiger partial charge in [0.05, 0.1) is 26.8 Å². The third kappa shape index (κ3) is 6.52. The number of ether oxygens (including phenoxy) is 4. The Hall–Kier alpha value is -5.83. The average molecular weight is 685 g/mol. The van der Waals surface area contributed by atoms with Crippen molar-refractivity contribution in [3.8, 4) is 45.6 Å². The highest BCUT2D eigenvalue weighted by molar-refractivity contribution is 6.22. The number of alkyl halides is 3. The molecule has 49 heavy (non-hydrogen) atoms. The predicted octanol–water partition coefficient (Wildman–Crippen LogP) is 6.03. The Morgan fingerprint density at radius 1 is 0.857 bits per heavy atom. The fraction of sp³-hybridized carbons (Fsp3) is 0.235. The fourth-order valence-corrected chi connectivity index (χ4v) is 5.42. The zero-order chi connectivity index (χ0) is 35.8. The van der Waals surface area contributed by atoms with Crippen LogP contribution in [0.5, 0.6) is 34.5 Å². The van der Waals surface area contributed by atoms with Gasteiger partial charge in [-0.15, -0.1) is 0 Å². The van der Waals surface area contributed by atoms with E-state index < -0.39 is 17.8 Å². The fourth-order valence-electron chi connectivity index (χ4n) is 5.42. The van der Waals surface area contributed by atoms with Crippen molar-refractivity contribution in [2.24, 2.45) is 0 Å². The number of phenolic OH excluding ortho intramolecular Hbond substituents is 2. The molecule has 3 N–H and O–H groups in total. The van der Waals surface area contributed by atoms with Gasteiger partial charge in [-0.1, -0.05) is 6.07 Å². The van der Waals surface area contributed by atoms with Gasteiger partial charge in [0.25, 0.3) is 0 Å². The number of pyridine rings is 1. The molecule has 0 spiro atoms. The second-order valence-corrected chi connectivity index (χ2v) is 11.0. The number of carboxylic acids is 1. The molecule has 0 radical (unpaired) electrons. The molecule has 0 amide bonds. The molecule has 0 saturated carbocycles. The number of halogens is 3. The first-order valence-electron chi connectivity index (χ1n) is 14.5. The number of methoxy groups -OCH3 is 3. The third-order valence-corrected chi connectivity index (χ3v) is 7.65. The number of aliphatic carboxylic acids is 1. The van der Waals surface area contributed by atoms with E-state index in [1.807, 2.05) is 37.2 Å². The molecule has 0 saturated heterocycles. The van der Waals surface area contributed by atoms with E-state index in [0.29, 0.717) is 68.9 Å². The number of phenols is 2. The molecule has 3 aromatic heterocycles. The van der Waals surface area contributed by atoms with Crippen molar-refractivity contribution in [2.75, 3.05) is 48.6 Å². The molecule has 6 rings (SSSR count). The van der Waals surface area contributed by atoms with Crippen molar-refractivity contribution in [3.05, 3.63) is 65.1 Å². The summed E-state index contributed by atoms with van der Waals surface area (Å²) in [6.45, 7) is 1.10. The van der Waals surface area contributed by atoms with Gasteiger partial charge in [0.1, 0.15) is 17.7 Å². The first-order valence-corrected chi connectivity index (χ1v) is 14.5. The van der Waals surface area contributed by atoms with Crippen LogP contribution in [0.4, 0.5) is 13.2 Å². The molecule has 0 bridgehead atoms. The Morgan fingerprint density at radius 2 is 1.49 bits per heavy atom. The monoisotopic (exact) mass is 684 g/mol. The van der Waals surface area contributed by atoms with E-state index in [0.717, 1.165) is 10.8 Å². The Kier molecular flexibility index (Phi) is 9.40. The number of nitrogens with zero attached hydrogens (tertiary/aromatic N) is 2. The molecule has 0 unspecified atom stereocenters. The number of aromatic hydroxyl groups is 2. The maximum absolute atomic E-state index is 13.7. The molecule has 0 atom stereocenters. The van der Waals surface area contributed by atoms with Crippen molar-refractivity contribution in [1.29, 1.82) is 0 Å². The molecule has 3 heterocycles. The standard InChI is InChI=1S/C32H30N2O8.C2HF3O2/c1-33(2)10-11-41-27-15-20-24(16-26(27)40-5)42-32(37)31-29(20)28(18-6-7-23(38-3)21(35)13-18)30-19-14-25(39-4)22(36)12-17(19)8-9-34(30)31;3-2(4,5)1(6)7/h6-9,12-16,35-36H,10-11H2,1-5H3;(H,6,7). The number of carboxylic acid groups (broad SMARTS) is 1. The molecule has 0 aliphatic rings. The maximum atomic E-state index is 13.7. The Balaban J connectivity index is 0.000000606. The summed E-state index contributed by atoms with van der Waals surface area (Å²) in [4.78, 5) is 24.6. The minimum Gasteiger partial charge on any atom is -0.504 e. The Bertz CT molecular complexity index is 2280. The number of likely N-dealkylation sites (N-methyl/N-ethyl adjacent to an activating group) is 1. The van der Waals surface area contributed by atoms with Gasteiger partial charge in [0.15, 0.2) is 34.5 Å². The van der Waals surface area contributed by atoms with E-state index in [9.17, 15) is 28.2 Å². The molecule has 15 heteroatoms. The second-order valence-electron chi connectivity index (χ2n) is 11.0. The van der Waals surface area contributed by atoms with Gasteiger partial charge in [-0.2, -0.15) is 13.2 Å². The van der Waals surface area contributed by atoms with Crippen LogP contribution in [-0.4, -0.2) is 85.3 Å². The number of hydrogen-bond donors (Lipinski definition) is 3. The average Bonchev–Trinajstić information content (AvgIpc) is 3.40. The summed E-state index contributed by atoms with van der Waals surface area (Å²) < 4.78 is 61.8. The van der Waals surface area contributed by atoms with Gasteiger partial charge in [-0.05, 0) is 61.4 Å². The van der Waals surface area contributed by atoms with Gasteiger partial charge in [-0.3, -0.25) is 0 Å². The summed E-state index contributed by atoms with van der Waals surface area (Å²) in [5.74, 6) is -1.30. The van der Waals surface area contributed by atoms with Crippen molar-refractivity contribution < 1.29 is 56.6 Å². The summed E-state index contributed by atoms with van der Waals surface area (Å²) in [5.41, 5.74) is 2.04. The van der Waals surface area contributed by atoms with Gasteiger partial charge in [-0.25, -0.2) is 9.59 Å². The molecular formula is C34H31F3N2O10. The Labute approximate surface area is 275 Å². The number of benzene rings is 3. The maximum Gasteiger partial charge on any atom is 0.490 e. The molecule has 0 fully saturated rings. The van der Waals surface area contributed by atoms with Crippen molar-refractivity contribution in [1.82, 2.24) is 9.30 Å². The van der Waals surface area contributed by atoms with Crippen LogP contribution in [0.2, 0.25) is 0 Å². The highest BCUT2D eigenvalue weighted by Gasteiger charge is 2.38. The molecule has 0 aliphatic heterocycles. The van der Waals surface area contributed by atoms with Gasteiger partial charge < -0.3 is 48.0 Å². The van der Waals surface area contributed by atoms with Crippen LogP contribution in [0.25, 0.3) is 49.3 Å². The highest BCUT2D eigenvalue weighted by atomic mass is 19.4. The van der Waals surface area contributed by atoms with Crippen LogP contribution in [-0.2, 0) is 4.79 Å². The number of rotatable bonds is 8. The van der Waals surface area contributed by atoms with E-state index in [4.69, 9.17) is 33.3 Å². The number of aromatic nitrogens is 1. The smallest absolute Gasteiger partial charge is 0.490 e. The lowest BCUT2D eigenvalue weighted by atomic mass is 9.98.